The summed E-state index contributed by atoms with van der Waals surface area (Å²) in [5.41, 5.74) is 3.45. The first-order valence-corrected chi connectivity index (χ1v) is 17.1. The minimum Gasteiger partial charge on any atom is -0.493 e. The number of carbonyl (C=O) groups excluding carboxylic acids is 3. The van der Waals surface area contributed by atoms with Crippen molar-refractivity contribution in [2.24, 2.45) is 17.8 Å². The van der Waals surface area contributed by atoms with Gasteiger partial charge in [-0.3, -0.25) is 14.9 Å². The van der Waals surface area contributed by atoms with Crippen molar-refractivity contribution in [1.82, 2.24) is 5.32 Å². The molecule has 3 aromatic rings. The van der Waals surface area contributed by atoms with Crippen LogP contribution in [0.25, 0.3) is 6.08 Å². The highest BCUT2D eigenvalue weighted by Crippen LogP contribution is 2.60. The zero-order valence-corrected chi connectivity index (χ0v) is 28.6. The second-order valence-electron chi connectivity index (χ2n) is 12.7. The molecule has 1 aliphatic heterocycles. The molecular formula is C35H32I2N2O5. The van der Waals surface area contributed by atoms with E-state index in [1.807, 2.05) is 42.5 Å². The number of nitrogens with one attached hydrogen (secondary N) is 1. The van der Waals surface area contributed by atoms with E-state index in [1.54, 1.807) is 13.2 Å². The summed E-state index contributed by atoms with van der Waals surface area (Å²) in [4.78, 5) is 40.5. The summed E-state index contributed by atoms with van der Waals surface area (Å²) in [6.07, 6.45) is 9.32. The van der Waals surface area contributed by atoms with E-state index in [-0.39, 0.29) is 11.0 Å². The molecule has 0 radical (unpaired) electrons. The van der Waals surface area contributed by atoms with Crippen molar-refractivity contribution in [3.8, 4) is 11.5 Å². The van der Waals surface area contributed by atoms with E-state index in [9.17, 15) is 14.4 Å². The van der Waals surface area contributed by atoms with E-state index in [0.717, 1.165) is 35.4 Å². The van der Waals surface area contributed by atoms with Gasteiger partial charge in [0.25, 0.3) is 11.8 Å². The van der Waals surface area contributed by atoms with Gasteiger partial charge in [-0.15, -0.1) is 0 Å². The third kappa shape index (κ3) is 5.54. The smallest absolute Gasteiger partial charge is 0.335 e. The van der Waals surface area contributed by atoms with Crippen molar-refractivity contribution in [2.75, 3.05) is 12.0 Å². The molecule has 7 nitrogen and oxygen atoms in total. The molecule has 4 saturated carbocycles. The number of anilines is 1. The van der Waals surface area contributed by atoms with Crippen LogP contribution in [-0.2, 0) is 21.6 Å². The Labute approximate surface area is 284 Å². The number of urea groups is 1. The number of hydrogen-bond acceptors (Lipinski definition) is 5. The molecule has 3 aromatic carbocycles. The molecule has 1 N–H and O–H groups in total. The number of benzene rings is 3. The summed E-state index contributed by atoms with van der Waals surface area (Å²) < 4.78 is 13.6. The molecule has 5 aliphatic rings. The minimum absolute atomic E-state index is 0.125. The SMILES string of the molecule is COc1cc(/C=C2\C(=O)NC(=O)N(c3ccc(C45CC6CC(CC(C6)C4)C5)cc3)C2=O)cc(I)c1OCc1ccc(I)cc1. The van der Waals surface area contributed by atoms with Crippen LogP contribution < -0.4 is 19.7 Å². The van der Waals surface area contributed by atoms with Gasteiger partial charge in [-0.2, -0.15) is 0 Å². The monoisotopic (exact) mass is 814 g/mol. The first-order valence-electron chi connectivity index (χ1n) is 15.0. The summed E-state index contributed by atoms with van der Waals surface area (Å²) in [5, 5.41) is 2.35. The number of imide groups is 2. The Balaban J connectivity index is 1.13. The summed E-state index contributed by atoms with van der Waals surface area (Å²) >= 11 is 4.42. The molecule has 0 spiro atoms. The topological polar surface area (TPSA) is 84.9 Å². The van der Waals surface area contributed by atoms with E-state index in [0.29, 0.717) is 29.4 Å². The zero-order valence-electron chi connectivity index (χ0n) is 24.3. The van der Waals surface area contributed by atoms with Gasteiger partial charge in [0.2, 0.25) is 0 Å². The summed E-state index contributed by atoms with van der Waals surface area (Å²) in [7, 11) is 1.55. The highest BCUT2D eigenvalue weighted by atomic mass is 127. The maximum atomic E-state index is 13.7. The fourth-order valence-electron chi connectivity index (χ4n) is 8.19. The first-order chi connectivity index (χ1) is 21.2. The molecule has 0 unspecified atom stereocenters. The molecule has 9 heteroatoms. The second kappa shape index (κ2) is 11.8. The molecule has 4 bridgehead atoms. The van der Waals surface area contributed by atoms with Crippen molar-refractivity contribution < 1.29 is 23.9 Å². The maximum Gasteiger partial charge on any atom is 0.335 e. The van der Waals surface area contributed by atoms with E-state index >= 15 is 0 Å². The molecule has 0 aromatic heterocycles. The molecule has 44 heavy (non-hydrogen) atoms. The van der Waals surface area contributed by atoms with Gasteiger partial charge in [-0.25, -0.2) is 9.69 Å². The van der Waals surface area contributed by atoms with Crippen LogP contribution >= 0.6 is 45.2 Å². The van der Waals surface area contributed by atoms with Crippen molar-refractivity contribution in [2.45, 2.75) is 50.5 Å². The van der Waals surface area contributed by atoms with E-state index in [1.165, 1.54) is 50.2 Å². The van der Waals surface area contributed by atoms with Crippen LogP contribution in [-0.4, -0.2) is 25.0 Å². The quantitative estimate of drug-likeness (QED) is 0.151. The number of rotatable bonds is 7. The molecule has 4 amide bonds. The van der Waals surface area contributed by atoms with E-state index in [2.05, 4.69) is 62.6 Å². The van der Waals surface area contributed by atoms with Crippen LogP contribution in [0.5, 0.6) is 11.5 Å². The van der Waals surface area contributed by atoms with Gasteiger partial charge in [-0.05, 0) is 166 Å². The molecular weight excluding hydrogens is 782 g/mol. The van der Waals surface area contributed by atoms with E-state index in [4.69, 9.17) is 9.47 Å². The number of ether oxygens (including phenoxy) is 2. The molecule has 4 aliphatic carbocycles. The van der Waals surface area contributed by atoms with Crippen LogP contribution in [0.4, 0.5) is 10.5 Å². The number of amides is 4. The van der Waals surface area contributed by atoms with Gasteiger partial charge in [-0.1, -0.05) is 24.3 Å². The van der Waals surface area contributed by atoms with Crippen molar-refractivity contribution in [1.29, 1.82) is 0 Å². The Morgan fingerprint density at radius 1 is 0.909 bits per heavy atom. The van der Waals surface area contributed by atoms with Crippen LogP contribution in [0.15, 0.2) is 66.2 Å². The molecule has 1 heterocycles. The molecule has 226 valence electrons. The molecule has 0 atom stereocenters. The first kappa shape index (κ1) is 29.8. The predicted octanol–water partition coefficient (Wildman–Crippen LogP) is 7.62. The second-order valence-corrected chi connectivity index (χ2v) is 15.1. The Morgan fingerprint density at radius 2 is 1.55 bits per heavy atom. The number of halogens is 2. The number of methoxy groups -OCH3 is 1. The lowest BCUT2D eigenvalue weighted by Gasteiger charge is -2.57. The number of barbiturate groups is 1. The van der Waals surface area contributed by atoms with Crippen LogP contribution in [0.2, 0.25) is 0 Å². The lowest BCUT2D eigenvalue weighted by molar-refractivity contribution is -0.122. The fourth-order valence-corrected chi connectivity index (χ4v) is 9.33. The average Bonchev–Trinajstić information content (AvgIpc) is 2.99. The van der Waals surface area contributed by atoms with Crippen molar-refractivity contribution in [3.05, 3.63) is 90.1 Å². The Hall–Kier alpha value is -2.93. The average molecular weight is 814 g/mol. The van der Waals surface area contributed by atoms with Crippen molar-refractivity contribution >= 4 is 74.8 Å². The normalized spacial score (nSPS) is 26.7. The predicted molar refractivity (Wildman–Crippen MR) is 184 cm³/mol. The highest BCUT2D eigenvalue weighted by Gasteiger charge is 2.51. The number of carbonyl (C=O) groups is 3. The van der Waals surface area contributed by atoms with Gasteiger partial charge < -0.3 is 9.47 Å². The molecule has 1 saturated heterocycles. The highest BCUT2D eigenvalue weighted by molar-refractivity contribution is 14.1. The lowest BCUT2D eigenvalue weighted by atomic mass is 9.48. The van der Waals surface area contributed by atoms with Gasteiger partial charge >= 0.3 is 6.03 Å². The molecule has 8 rings (SSSR count). The fraction of sp³-hybridized carbons (Fsp3) is 0.343. The maximum absolute atomic E-state index is 13.7. The number of nitrogens with zero attached hydrogens (tertiary/aromatic N) is 1. The lowest BCUT2D eigenvalue weighted by Crippen LogP contribution is -2.54. The standard InChI is InChI=1S/C35H32I2N2O5/c1-43-30-15-21(14-29(37)31(30)44-19-20-2-6-26(36)7-3-20)13-28-32(40)38-34(42)39(33(28)41)27-8-4-25(5-9-27)35-16-22-10-23(17-35)12-24(11-22)18-35/h2-9,13-15,22-24H,10-12,16-19H2,1H3,(H,38,40,42)/b28-13+. The largest absolute Gasteiger partial charge is 0.493 e. The third-order valence-corrected chi connectivity index (χ3v) is 11.3. The van der Waals surface area contributed by atoms with Gasteiger partial charge in [0.15, 0.2) is 11.5 Å². The Kier molecular flexibility index (Phi) is 7.97. The third-order valence-electron chi connectivity index (χ3n) is 9.74. The van der Waals surface area contributed by atoms with Crippen LogP contribution in [0.1, 0.15) is 55.2 Å². The summed E-state index contributed by atoms with van der Waals surface area (Å²) in [6.45, 7) is 0.364. The molecule has 5 fully saturated rings. The van der Waals surface area contributed by atoms with E-state index < -0.39 is 17.8 Å². The Morgan fingerprint density at radius 3 is 2.16 bits per heavy atom. The van der Waals surface area contributed by atoms with Gasteiger partial charge in [0, 0.05) is 3.57 Å². The number of hydrogen-bond donors (Lipinski definition) is 1. The Bertz CT molecular complexity index is 1650. The summed E-state index contributed by atoms with van der Waals surface area (Å²) in [5.74, 6) is 2.14. The summed E-state index contributed by atoms with van der Waals surface area (Å²) in [6, 6.07) is 18.7. The zero-order chi connectivity index (χ0) is 30.6. The van der Waals surface area contributed by atoms with Crippen LogP contribution in [0.3, 0.4) is 0 Å². The van der Waals surface area contributed by atoms with Crippen LogP contribution in [0, 0.1) is 24.9 Å². The van der Waals surface area contributed by atoms with Crippen molar-refractivity contribution in [3.63, 3.8) is 0 Å². The minimum atomic E-state index is -0.744. The van der Waals surface area contributed by atoms with Gasteiger partial charge in [0.05, 0.1) is 16.4 Å². The van der Waals surface area contributed by atoms with Gasteiger partial charge in [0.1, 0.15) is 12.2 Å².